The van der Waals surface area contributed by atoms with Gasteiger partial charge in [0, 0.05) is 14.1 Å². The van der Waals surface area contributed by atoms with Gasteiger partial charge in [-0.25, -0.2) is 10.2 Å². The van der Waals surface area contributed by atoms with Gasteiger partial charge < -0.3 is 5.11 Å². The molecule has 4 aromatic rings. The highest BCUT2D eigenvalue weighted by molar-refractivity contribution is 5.99. The first kappa shape index (κ1) is 21.1. The van der Waals surface area contributed by atoms with Crippen LogP contribution in [-0.4, -0.2) is 29.5 Å². The van der Waals surface area contributed by atoms with Gasteiger partial charge in [0.1, 0.15) is 5.75 Å². The first-order chi connectivity index (χ1) is 15.3. The van der Waals surface area contributed by atoms with Crippen LogP contribution in [0.15, 0.2) is 63.2 Å². The number of aromatic nitrogens is 4. The van der Waals surface area contributed by atoms with Crippen molar-refractivity contribution in [2.45, 2.75) is 20.4 Å². The molecule has 0 aliphatic carbocycles. The Morgan fingerprint density at radius 1 is 1.03 bits per heavy atom. The molecule has 0 atom stereocenters. The van der Waals surface area contributed by atoms with Gasteiger partial charge in [0.2, 0.25) is 5.95 Å². The number of aryl methyl sites for hydroxylation is 2. The number of fused-ring (bicyclic) bond motifs is 1. The Balaban J connectivity index is 1.84. The molecule has 9 heteroatoms. The van der Waals surface area contributed by atoms with Gasteiger partial charge in [-0.15, -0.1) is 0 Å². The highest BCUT2D eigenvalue weighted by atomic mass is 16.3. The van der Waals surface area contributed by atoms with E-state index in [4.69, 9.17) is 0 Å². The summed E-state index contributed by atoms with van der Waals surface area (Å²) in [6.07, 6.45) is 0. The van der Waals surface area contributed by atoms with Crippen LogP contribution >= 0.6 is 0 Å². The number of benzene rings is 2. The Morgan fingerprint density at radius 3 is 2.34 bits per heavy atom. The summed E-state index contributed by atoms with van der Waals surface area (Å²) in [5, 5.41) is 13.9. The second-order valence-electron chi connectivity index (χ2n) is 7.74. The van der Waals surface area contributed by atoms with Gasteiger partial charge in [-0.3, -0.25) is 18.5 Å². The maximum absolute atomic E-state index is 13.0. The fourth-order valence-corrected chi connectivity index (χ4v) is 3.46. The summed E-state index contributed by atoms with van der Waals surface area (Å²) in [6, 6.07) is 14.7. The van der Waals surface area contributed by atoms with E-state index >= 15 is 0 Å². The molecule has 2 N–H and O–H groups in total. The van der Waals surface area contributed by atoms with Crippen molar-refractivity contribution in [2.24, 2.45) is 19.2 Å². The first-order valence-electron chi connectivity index (χ1n) is 10.1. The Kier molecular flexibility index (Phi) is 5.40. The van der Waals surface area contributed by atoms with Crippen molar-refractivity contribution < 1.29 is 5.11 Å². The van der Waals surface area contributed by atoms with Crippen LogP contribution in [0.2, 0.25) is 0 Å². The molecule has 0 radical (unpaired) electrons. The summed E-state index contributed by atoms with van der Waals surface area (Å²) in [7, 11) is 3.04. The van der Waals surface area contributed by atoms with Crippen molar-refractivity contribution in [1.82, 2.24) is 18.7 Å². The lowest BCUT2D eigenvalue weighted by atomic mass is 10.1. The van der Waals surface area contributed by atoms with Gasteiger partial charge in [0.15, 0.2) is 11.2 Å². The Labute approximate surface area is 183 Å². The lowest BCUT2D eigenvalue weighted by Gasteiger charge is -2.10. The SMILES string of the molecule is C/C(=N/Nc1nc2c(c(=O)n(C)c(=O)n2C)n1Cc1ccc(C)cc1)c1ccc(O)cc1. The Morgan fingerprint density at radius 2 is 1.69 bits per heavy atom. The summed E-state index contributed by atoms with van der Waals surface area (Å²) >= 11 is 0. The highest BCUT2D eigenvalue weighted by Gasteiger charge is 2.19. The van der Waals surface area contributed by atoms with Crippen molar-refractivity contribution in [2.75, 3.05) is 5.43 Å². The van der Waals surface area contributed by atoms with E-state index in [9.17, 15) is 14.7 Å². The minimum atomic E-state index is -0.446. The van der Waals surface area contributed by atoms with Gasteiger partial charge in [0.05, 0.1) is 12.3 Å². The van der Waals surface area contributed by atoms with Gasteiger partial charge in [-0.1, -0.05) is 29.8 Å². The number of phenolic OH excluding ortho intramolecular Hbond substituents is 1. The van der Waals surface area contributed by atoms with E-state index < -0.39 is 11.2 Å². The normalized spacial score (nSPS) is 11.8. The number of anilines is 1. The Hall–Kier alpha value is -4.14. The first-order valence-corrected chi connectivity index (χ1v) is 10.1. The number of phenols is 1. The second-order valence-corrected chi connectivity index (χ2v) is 7.74. The molecule has 2 aromatic carbocycles. The molecule has 0 aliphatic rings. The lowest BCUT2D eigenvalue weighted by Crippen LogP contribution is -2.37. The monoisotopic (exact) mass is 432 g/mol. The average Bonchev–Trinajstić information content (AvgIpc) is 3.15. The van der Waals surface area contributed by atoms with E-state index in [2.05, 4.69) is 15.5 Å². The minimum Gasteiger partial charge on any atom is -0.508 e. The van der Waals surface area contributed by atoms with Crippen molar-refractivity contribution in [3.05, 3.63) is 86.1 Å². The van der Waals surface area contributed by atoms with Crippen molar-refractivity contribution in [3.8, 4) is 5.75 Å². The average molecular weight is 432 g/mol. The second kappa shape index (κ2) is 8.18. The van der Waals surface area contributed by atoms with Crippen LogP contribution in [0.5, 0.6) is 5.75 Å². The predicted octanol–water partition coefficient (Wildman–Crippen LogP) is 2.33. The largest absolute Gasteiger partial charge is 0.508 e. The minimum absolute atomic E-state index is 0.172. The quantitative estimate of drug-likeness (QED) is 0.372. The fourth-order valence-electron chi connectivity index (χ4n) is 3.46. The number of hydrogen-bond acceptors (Lipinski definition) is 6. The molecule has 32 heavy (non-hydrogen) atoms. The molecule has 0 aliphatic heterocycles. The maximum atomic E-state index is 13.0. The molecule has 164 valence electrons. The molecule has 2 aromatic heterocycles. The standard InChI is InChI=1S/C23H24N6O3/c1-14-5-7-16(8-6-14)13-29-19-20(27(3)23(32)28(4)21(19)31)24-22(29)26-25-15(2)17-9-11-18(30)12-10-17/h5-12,30H,13H2,1-4H3,(H,24,26)/b25-15-. The number of nitrogens with zero attached hydrogens (tertiary/aromatic N) is 5. The molecule has 0 saturated heterocycles. The molecule has 0 spiro atoms. The molecule has 4 rings (SSSR count). The molecule has 0 saturated carbocycles. The highest BCUT2D eigenvalue weighted by Crippen LogP contribution is 2.19. The number of rotatable bonds is 5. The zero-order valence-corrected chi connectivity index (χ0v) is 18.3. The molecular weight excluding hydrogens is 408 g/mol. The van der Waals surface area contributed by atoms with Crippen molar-refractivity contribution >= 4 is 22.8 Å². The maximum Gasteiger partial charge on any atom is 0.332 e. The molecule has 0 unspecified atom stereocenters. The van der Waals surface area contributed by atoms with Gasteiger partial charge in [-0.2, -0.15) is 10.1 Å². The predicted molar refractivity (Wildman–Crippen MR) is 124 cm³/mol. The summed E-state index contributed by atoms with van der Waals surface area (Å²) < 4.78 is 4.16. The number of hydrogen-bond donors (Lipinski definition) is 2. The van der Waals surface area contributed by atoms with Crippen LogP contribution in [0.3, 0.4) is 0 Å². The van der Waals surface area contributed by atoms with Crippen molar-refractivity contribution in [3.63, 3.8) is 0 Å². The van der Waals surface area contributed by atoms with Crippen LogP contribution in [-0.2, 0) is 20.6 Å². The molecule has 9 nitrogen and oxygen atoms in total. The smallest absolute Gasteiger partial charge is 0.332 e. The number of hydrazone groups is 1. The van der Waals surface area contributed by atoms with E-state index in [-0.39, 0.29) is 11.4 Å². The van der Waals surface area contributed by atoms with E-state index in [0.29, 0.717) is 23.7 Å². The van der Waals surface area contributed by atoms with E-state index in [1.807, 2.05) is 38.1 Å². The van der Waals surface area contributed by atoms with Crippen LogP contribution in [0, 0.1) is 6.92 Å². The van der Waals surface area contributed by atoms with Crippen LogP contribution in [0.4, 0.5) is 5.95 Å². The molecule has 0 fully saturated rings. The molecule has 0 bridgehead atoms. The van der Waals surface area contributed by atoms with Crippen LogP contribution in [0.1, 0.15) is 23.6 Å². The van der Waals surface area contributed by atoms with Gasteiger partial charge >= 0.3 is 5.69 Å². The summed E-state index contributed by atoms with van der Waals surface area (Å²) in [5.74, 6) is 0.517. The van der Waals surface area contributed by atoms with Gasteiger partial charge in [0.25, 0.3) is 5.56 Å². The van der Waals surface area contributed by atoms with Gasteiger partial charge in [-0.05, 0) is 49.2 Å². The number of aromatic hydroxyl groups is 1. The topological polar surface area (TPSA) is 106 Å². The van der Waals surface area contributed by atoms with E-state index in [0.717, 1.165) is 21.3 Å². The van der Waals surface area contributed by atoms with E-state index in [1.165, 1.54) is 11.6 Å². The molecular formula is C23H24N6O3. The lowest BCUT2D eigenvalue weighted by molar-refractivity contribution is 0.475. The fraction of sp³-hybridized carbons (Fsp3) is 0.217. The van der Waals surface area contributed by atoms with Crippen LogP contribution < -0.4 is 16.7 Å². The molecule has 2 heterocycles. The third-order valence-electron chi connectivity index (χ3n) is 5.42. The third-order valence-corrected chi connectivity index (χ3v) is 5.42. The number of imidazole rings is 1. The Bertz CT molecular complexity index is 1440. The van der Waals surface area contributed by atoms with Crippen LogP contribution in [0.25, 0.3) is 11.2 Å². The van der Waals surface area contributed by atoms with E-state index in [1.54, 1.807) is 35.9 Å². The summed E-state index contributed by atoms with van der Waals surface area (Å²) in [5.41, 5.74) is 6.28. The summed E-state index contributed by atoms with van der Waals surface area (Å²) in [4.78, 5) is 29.9. The van der Waals surface area contributed by atoms with Crippen molar-refractivity contribution in [1.29, 1.82) is 0 Å². The number of nitrogens with one attached hydrogen (secondary N) is 1. The zero-order valence-electron chi connectivity index (χ0n) is 18.3. The summed E-state index contributed by atoms with van der Waals surface area (Å²) in [6.45, 7) is 4.21. The zero-order chi connectivity index (χ0) is 23.0. The molecule has 0 amide bonds. The third kappa shape index (κ3) is 3.80.